The van der Waals surface area contributed by atoms with Crippen molar-refractivity contribution in [3.8, 4) is 0 Å². The molecular formula is C12H19BrN2. The van der Waals surface area contributed by atoms with Crippen molar-refractivity contribution >= 4 is 21.7 Å². The van der Waals surface area contributed by atoms with Crippen molar-refractivity contribution < 1.29 is 0 Å². The van der Waals surface area contributed by atoms with Crippen LogP contribution in [0.5, 0.6) is 0 Å². The summed E-state index contributed by atoms with van der Waals surface area (Å²) < 4.78 is 0. The lowest BCUT2D eigenvalue weighted by molar-refractivity contribution is 0.583. The SMILES string of the molecule is CC(C)CCN(C)c1ncccc1CBr. The van der Waals surface area contributed by atoms with E-state index in [4.69, 9.17) is 0 Å². The Morgan fingerprint density at radius 1 is 1.47 bits per heavy atom. The fourth-order valence-corrected chi connectivity index (χ4v) is 1.87. The summed E-state index contributed by atoms with van der Waals surface area (Å²) in [7, 11) is 2.11. The maximum Gasteiger partial charge on any atom is 0.132 e. The molecule has 0 N–H and O–H groups in total. The molecule has 0 saturated heterocycles. The van der Waals surface area contributed by atoms with Gasteiger partial charge in [0.25, 0.3) is 0 Å². The highest BCUT2D eigenvalue weighted by molar-refractivity contribution is 9.08. The first-order valence-electron chi connectivity index (χ1n) is 5.36. The van der Waals surface area contributed by atoms with Gasteiger partial charge in [-0.3, -0.25) is 0 Å². The van der Waals surface area contributed by atoms with Gasteiger partial charge >= 0.3 is 0 Å². The van der Waals surface area contributed by atoms with E-state index >= 15 is 0 Å². The van der Waals surface area contributed by atoms with Gasteiger partial charge < -0.3 is 4.90 Å². The number of alkyl halides is 1. The van der Waals surface area contributed by atoms with Crippen LogP contribution in [0.2, 0.25) is 0 Å². The fraction of sp³-hybridized carbons (Fsp3) is 0.583. The van der Waals surface area contributed by atoms with Gasteiger partial charge in [-0.05, 0) is 18.4 Å². The van der Waals surface area contributed by atoms with Crippen molar-refractivity contribution in [3.05, 3.63) is 23.9 Å². The van der Waals surface area contributed by atoms with Gasteiger partial charge in [-0.1, -0.05) is 35.8 Å². The highest BCUT2D eigenvalue weighted by atomic mass is 79.9. The van der Waals surface area contributed by atoms with Crippen molar-refractivity contribution in [1.82, 2.24) is 4.98 Å². The summed E-state index contributed by atoms with van der Waals surface area (Å²) in [6.45, 7) is 5.56. The van der Waals surface area contributed by atoms with Crippen LogP contribution in [0.25, 0.3) is 0 Å². The molecule has 1 rings (SSSR count). The molecule has 0 fully saturated rings. The van der Waals surface area contributed by atoms with Gasteiger partial charge in [-0.2, -0.15) is 0 Å². The van der Waals surface area contributed by atoms with Crippen LogP contribution in [-0.4, -0.2) is 18.6 Å². The number of anilines is 1. The summed E-state index contributed by atoms with van der Waals surface area (Å²) in [6, 6.07) is 4.10. The van der Waals surface area contributed by atoms with E-state index in [0.29, 0.717) is 0 Å². The van der Waals surface area contributed by atoms with Crippen molar-refractivity contribution in [2.75, 3.05) is 18.5 Å². The molecular weight excluding hydrogens is 252 g/mol. The lowest BCUT2D eigenvalue weighted by Gasteiger charge is -2.21. The van der Waals surface area contributed by atoms with Crippen molar-refractivity contribution in [3.63, 3.8) is 0 Å². The standard InChI is InChI=1S/C12H19BrN2/c1-10(2)6-8-15(3)12-11(9-13)5-4-7-14-12/h4-5,7,10H,6,8-9H2,1-3H3. The fourth-order valence-electron chi connectivity index (χ4n) is 1.44. The normalized spacial score (nSPS) is 10.7. The zero-order valence-electron chi connectivity index (χ0n) is 9.70. The zero-order chi connectivity index (χ0) is 11.3. The Bertz CT molecular complexity index is 299. The second-order valence-electron chi connectivity index (χ2n) is 4.22. The average molecular weight is 271 g/mol. The van der Waals surface area contributed by atoms with Crippen molar-refractivity contribution in [2.24, 2.45) is 5.92 Å². The van der Waals surface area contributed by atoms with Gasteiger partial charge in [0.15, 0.2) is 0 Å². The van der Waals surface area contributed by atoms with E-state index in [0.717, 1.165) is 23.6 Å². The number of pyridine rings is 1. The van der Waals surface area contributed by atoms with Gasteiger partial charge in [-0.25, -0.2) is 4.98 Å². The smallest absolute Gasteiger partial charge is 0.132 e. The van der Waals surface area contributed by atoms with Crippen LogP contribution >= 0.6 is 15.9 Å². The van der Waals surface area contributed by atoms with E-state index < -0.39 is 0 Å². The lowest BCUT2D eigenvalue weighted by atomic mass is 10.1. The maximum absolute atomic E-state index is 4.42. The third-order valence-electron chi connectivity index (χ3n) is 2.41. The summed E-state index contributed by atoms with van der Waals surface area (Å²) in [5.74, 6) is 1.83. The Morgan fingerprint density at radius 3 is 2.80 bits per heavy atom. The van der Waals surface area contributed by atoms with Crippen LogP contribution in [-0.2, 0) is 5.33 Å². The van der Waals surface area contributed by atoms with E-state index in [9.17, 15) is 0 Å². The predicted molar refractivity (Wildman–Crippen MR) is 69.6 cm³/mol. The topological polar surface area (TPSA) is 16.1 Å². The molecule has 0 atom stereocenters. The number of hydrogen-bond acceptors (Lipinski definition) is 2. The van der Waals surface area contributed by atoms with Crippen LogP contribution in [0, 0.1) is 5.92 Å². The van der Waals surface area contributed by atoms with Crippen LogP contribution in [0.4, 0.5) is 5.82 Å². The van der Waals surface area contributed by atoms with Crippen LogP contribution in [0.1, 0.15) is 25.8 Å². The molecule has 0 radical (unpaired) electrons. The summed E-state index contributed by atoms with van der Waals surface area (Å²) in [6.07, 6.45) is 3.06. The quantitative estimate of drug-likeness (QED) is 0.762. The second kappa shape index (κ2) is 6.11. The van der Waals surface area contributed by atoms with E-state index in [2.05, 4.69) is 52.8 Å². The number of rotatable bonds is 5. The average Bonchev–Trinajstić information content (AvgIpc) is 2.25. The Kier molecular flexibility index (Phi) is 5.09. The molecule has 84 valence electrons. The largest absolute Gasteiger partial charge is 0.359 e. The van der Waals surface area contributed by atoms with Crippen LogP contribution < -0.4 is 4.90 Å². The molecule has 15 heavy (non-hydrogen) atoms. The molecule has 0 aliphatic heterocycles. The van der Waals surface area contributed by atoms with Gasteiger partial charge in [0, 0.05) is 30.7 Å². The first-order valence-corrected chi connectivity index (χ1v) is 6.48. The minimum atomic E-state index is 0.739. The number of nitrogens with zero attached hydrogens (tertiary/aromatic N) is 2. The molecule has 1 aromatic rings. The van der Waals surface area contributed by atoms with Crippen molar-refractivity contribution in [1.29, 1.82) is 0 Å². The highest BCUT2D eigenvalue weighted by Crippen LogP contribution is 2.19. The van der Waals surface area contributed by atoms with Crippen LogP contribution in [0.15, 0.2) is 18.3 Å². The Balaban J connectivity index is 2.68. The van der Waals surface area contributed by atoms with Crippen LogP contribution in [0.3, 0.4) is 0 Å². The molecule has 0 spiro atoms. The molecule has 0 aliphatic rings. The summed E-state index contributed by atoms with van der Waals surface area (Å²) in [5.41, 5.74) is 1.25. The van der Waals surface area contributed by atoms with Gasteiger partial charge in [0.2, 0.25) is 0 Å². The summed E-state index contributed by atoms with van der Waals surface area (Å²) in [5, 5.41) is 0.863. The Labute approximate surface area is 101 Å². The lowest BCUT2D eigenvalue weighted by Crippen LogP contribution is -2.22. The molecule has 0 aromatic carbocycles. The number of hydrogen-bond donors (Lipinski definition) is 0. The molecule has 0 bridgehead atoms. The van der Waals surface area contributed by atoms with E-state index in [1.54, 1.807) is 0 Å². The number of halogens is 1. The van der Waals surface area contributed by atoms with Gasteiger partial charge in [0.05, 0.1) is 0 Å². The minimum Gasteiger partial charge on any atom is -0.359 e. The van der Waals surface area contributed by atoms with E-state index in [1.807, 2.05) is 12.3 Å². The summed E-state index contributed by atoms with van der Waals surface area (Å²) in [4.78, 5) is 6.66. The monoisotopic (exact) mass is 270 g/mol. The van der Waals surface area contributed by atoms with Gasteiger partial charge in [-0.15, -0.1) is 0 Å². The molecule has 0 aliphatic carbocycles. The number of aromatic nitrogens is 1. The molecule has 1 aromatic heterocycles. The highest BCUT2D eigenvalue weighted by Gasteiger charge is 2.07. The Morgan fingerprint density at radius 2 is 2.20 bits per heavy atom. The molecule has 3 heteroatoms. The molecule has 0 saturated carbocycles. The Hall–Kier alpha value is -0.570. The van der Waals surface area contributed by atoms with Crippen molar-refractivity contribution in [2.45, 2.75) is 25.6 Å². The first kappa shape index (κ1) is 12.5. The van der Waals surface area contributed by atoms with E-state index in [-0.39, 0.29) is 0 Å². The third kappa shape index (κ3) is 3.82. The first-order chi connectivity index (χ1) is 7.15. The van der Waals surface area contributed by atoms with Gasteiger partial charge in [0.1, 0.15) is 5.82 Å². The predicted octanol–water partition coefficient (Wildman–Crippen LogP) is 3.46. The minimum absolute atomic E-state index is 0.739. The second-order valence-corrected chi connectivity index (χ2v) is 4.78. The molecule has 0 unspecified atom stereocenters. The van der Waals surface area contributed by atoms with E-state index in [1.165, 1.54) is 12.0 Å². The molecule has 0 amide bonds. The molecule has 2 nitrogen and oxygen atoms in total. The zero-order valence-corrected chi connectivity index (χ0v) is 11.3. The third-order valence-corrected chi connectivity index (χ3v) is 3.02. The maximum atomic E-state index is 4.42. The summed E-state index contributed by atoms with van der Waals surface area (Å²) >= 11 is 3.49. The molecule has 1 heterocycles.